The summed E-state index contributed by atoms with van der Waals surface area (Å²) in [4.78, 5) is 23.0. The lowest BCUT2D eigenvalue weighted by Gasteiger charge is -2.03. The molecule has 2 rings (SSSR count). The summed E-state index contributed by atoms with van der Waals surface area (Å²) in [5, 5.41) is 21.5. The standard InChI is InChI=1S/C17H14BN3O4/c18-15-9-14(22)6-5-13(15)10-19-20-17(24)12-3-1-2-11(8-12)4-7-16(23)21-25/h1-10,22,25H,(H,20,24)(H,21,23)/b7-4+,19-10+. The number of hydrogen-bond acceptors (Lipinski definition) is 5. The van der Waals surface area contributed by atoms with Crippen molar-refractivity contribution in [3.05, 3.63) is 65.2 Å². The third-order valence-corrected chi connectivity index (χ3v) is 3.13. The Hall–Kier alpha value is -3.39. The first-order valence-electron chi connectivity index (χ1n) is 7.13. The van der Waals surface area contributed by atoms with Crippen molar-refractivity contribution in [2.45, 2.75) is 0 Å². The Labute approximate surface area is 145 Å². The second kappa shape index (κ2) is 8.46. The number of benzene rings is 2. The predicted molar refractivity (Wildman–Crippen MR) is 94.0 cm³/mol. The van der Waals surface area contributed by atoms with Gasteiger partial charge in [0.25, 0.3) is 11.8 Å². The summed E-state index contributed by atoms with van der Waals surface area (Å²) in [7, 11) is 5.72. The van der Waals surface area contributed by atoms with E-state index < -0.39 is 11.8 Å². The molecule has 7 nitrogen and oxygen atoms in total. The fourth-order valence-electron chi connectivity index (χ4n) is 1.90. The van der Waals surface area contributed by atoms with Gasteiger partial charge in [-0.25, -0.2) is 10.9 Å². The van der Waals surface area contributed by atoms with Crippen LogP contribution in [-0.4, -0.2) is 36.2 Å². The summed E-state index contributed by atoms with van der Waals surface area (Å²) in [5.41, 5.74) is 5.64. The Kier molecular flexibility index (Phi) is 6.08. The Bertz CT molecular complexity index is 850. The molecule has 4 N–H and O–H groups in total. The third kappa shape index (κ3) is 5.33. The fourth-order valence-corrected chi connectivity index (χ4v) is 1.90. The van der Waals surface area contributed by atoms with Crippen LogP contribution in [0.1, 0.15) is 21.5 Å². The van der Waals surface area contributed by atoms with E-state index in [1.54, 1.807) is 30.3 Å². The monoisotopic (exact) mass is 335 g/mol. The zero-order valence-corrected chi connectivity index (χ0v) is 13.0. The van der Waals surface area contributed by atoms with Gasteiger partial charge in [-0.3, -0.25) is 14.8 Å². The van der Waals surface area contributed by atoms with E-state index in [0.717, 1.165) is 6.08 Å². The van der Waals surface area contributed by atoms with Crippen molar-refractivity contribution < 1.29 is 19.9 Å². The van der Waals surface area contributed by atoms with Crippen LogP contribution in [0.4, 0.5) is 0 Å². The van der Waals surface area contributed by atoms with Crippen molar-refractivity contribution in [3.63, 3.8) is 0 Å². The van der Waals surface area contributed by atoms with Gasteiger partial charge in [-0.05, 0) is 41.5 Å². The van der Waals surface area contributed by atoms with Gasteiger partial charge in [0, 0.05) is 11.6 Å². The molecule has 0 atom stereocenters. The van der Waals surface area contributed by atoms with Gasteiger partial charge in [-0.1, -0.05) is 23.7 Å². The molecule has 2 aromatic carbocycles. The maximum absolute atomic E-state index is 12.1. The van der Waals surface area contributed by atoms with Gasteiger partial charge in [-0.15, -0.1) is 0 Å². The van der Waals surface area contributed by atoms with Crippen molar-refractivity contribution in [3.8, 4) is 5.75 Å². The number of amides is 2. The summed E-state index contributed by atoms with van der Waals surface area (Å²) in [6.45, 7) is 0. The molecule has 25 heavy (non-hydrogen) atoms. The predicted octanol–water partition coefficient (Wildman–Crippen LogP) is 0.469. The van der Waals surface area contributed by atoms with E-state index in [1.807, 2.05) is 0 Å². The van der Waals surface area contributed by atoms with Crippen molar-refractivity contribution in [1.29, 1.82) is 0 Å². The third-order valence-electron chi connectivity index (χ3n) is 3.13. The Morgan fingerprint density at radius 1 is 1.16 bits per heavy atom. The number of aromatic hydroxyl groups is 1. The molecule has 0 bridgehead atoms. The van der Waals surface area contributed by atoms with Gasteiger partial charge in [-0.2, -0.15) is 5.10 Å². The molecule has 2 amide bonds. The molecule has 0 aliphatic heterocycles. The lowest BCUT2D eigenvalue weighted by molar-refractivity contribution is -0.124. The topological polar surface area (TPSA) is 111 Å². The van der Waals surface area contributed by atoms with E-state index in [-0.39, 0.29) is 5.75 Å². The quantitative estimate of drug-likeness (QED) is 0.209. The second-order valence-corrected chi connectivity index (χ2v) is 4.95. The molecule has 0 aliphatic rings. The fraction of sp³-hybridized carbons (Fsp3) is 0. The van der Waals surface area contributed by atoms with Crippen molar-refractivity contribution in [2.75, 3.05) is 0 Å². The first kappa shape index (κ1) is 18.0. The van der Waals surface area contributed by atoms with Crippen molar-refractivity contribution in [2.24, 2.45) is 5.10 Å². The van der Waals surface area contributed by atoms with Crippen LogP contribution in [0.25, 0.3) is 6.08 Å². The van der Waals surface area contributed by atoms with Crippen molar-refractivity contribution >= 4 is 37.4 Å². The number of hydrazone groups is 1. The first-order valence-corrected chi connectivity index (χ1v) is 7.13. The molecular weight excluding hydrogens is 321 g/mol. The van der Waals surface area contributed by atoms with Crippen LogP contribution in [0.2, 0.25) is 0 Å². The van der Waals surface area contributed by atoms with E-state index in [9.17, 15) is 14.7 Å². The number of nitrogens with zero attached hydrogens (tertiary/aromatic N) is 1. The minimum Gasteiger partial charge on any atom is -0.508 e. The summed E-state index contributed by atoms with van der Waals surface area (Å²) in [6, 6.07) is 10.9. The van der Waals surface area contributed by atoms with Crippen LogP contribution in [-0.2, 0) is 4.79 Å². The van der Waals surface area contributed by atoms with E-state index in [4.69, 9.17) is 13.1 Å². The molecule has 2 aromatic rings. The average molecular weight is 335 g/mol. The van der Waals surface area contributed by atoms with Gasteiger partial charge >= 0.3 is 0 Å². The lowest BCUT2D eigenvalue weighted by Crippen LogP contribution is -2.18. The number of rotatable bonds is 5. The molecular formula is C17H14BN3O4. The van der Waals surface area contributed by atoms with Gasteiger partial charge in [0.2, 0.25) is 0 Å². The Morgan fingerprint density at radius 2 is 1.96 bits per heavy atom. The van der Waals surface area contributed by atoms with Crippen LogP contribution in [0.3, 0.4) is 0 Å². The van der Waals surface area contributed by atoms with Gasteiger partial charge < -0.3 is 5.11 Å². The first-order chi connectivity index (χ1) is 12.0. The van der Waals surface area contributed by atoms with Crippen LogP contribution in [0, 0.1) is 0 Å². The zero-order chi connectivity index (χ0) is 18.2. The molecule has 124 valence electrons. The van der Waals surface area contributed by atoms with E-state index in [0.29, 0.717) is 22.2 Å². The number of phenolic OH excluding ortho intramolecular Hbond substituents is 1. The van der Waals surface area contributed by atoms with Crippen LogP contribution in [0.15, 0.2) is 53.6 Å². The maximum Gasteiger partial charge on any atom is 0.271 e. The highest BCUT2D eigenvalue weighted by molar-refractivity contribution is 6.35. The van der Waals surface area contributed by atoms with Crippen LogP contribution >= 0.6 is 0 Å². The zero-order valence-electron chi connectivity index (χ0n) is 13.0. The highest BCUT2D eigenvalue weighted by atomic mass is 16.5. The molecule has 0 heterocycles. The number of carbonyl (C=O) groups is 2. The highest BCUT2D eigenvalue weighted by Crippen LogP contribution is 2.08. The summed E-state index contributed by atoms with van der Waals surface area (Å²) < 4.78 is 0. The Balaban J connectivity index is 2.04. The maximum atomic E-state index is 12.1. The normalized spacial score (nSPS) is 10.9. The van der Waals surface area contributed by atoms with Gasteiger partial charge in [0.15, 0.2) is 0 Å². The van der Waals surface area contributed by atoms with E-state index >= 15 is 0 Å². The molecule has 0 saturated carbocycles. The van der Waals surface area contributed by atoms with Crippen molar-refractivity contribution in [1.82, 2.24) is 10.9 Å². The van der Waals surface area contributed by atoms with Crippen LogP contribution in [0.5, 0.6) is 5.75 Å². The largest absolute Gasteiger partial charge is 0.508 e. The summed E-state index contributed by atoms with van der Waals surface area (Å²) in [6.07, 6.45) is 3.94. The number of nitrogens with one attached hydrogen (secondary N) is 2. The molecule has 0 aliphatic carbocycles. The molecule has 0 unspecified atom stereocenters. The number of hydroxylamine groups is 1. The van der Waals surface area contributed by atoms with E-state index in [2.05, 4.69) is 10.5 Å². The molecule has 0 fully saturated rings. The average Bonchev–Trinajstić information content (AvgIpc) is 2.61. The minimum atomic E-state index is -0.675. The summed E-state index contributed by atoms with van der Waals surface area (Å²) in [5.74, 6) is -1.08. The molecule has 0 aromatic heterocycles. The Morgan fingerprint density at radius 3 is 2.68 bits per heavy atom. The minimum absolute atomic E-state index is 0.0402. The second-order valence-electron chi connectivity index (χ2n) is 4.95. The number of phenols is 1. The SMILES string of the molecule is [B]c1cc(O)ccc1/C=N/NC(=O)c1cccc(/C=C/C(=O)NO)c1. The molecule has 0 saturated heterocycles. The van der Waals surface area contributed by atoms with Gasteiger partial charge in [0.1, 0.15) is 13.6 Å². The molecule has 0 spiro atoms. The van der Waals surface area contributed by atoms with Gasteiger partial charge in [0.05, 0.1) is 6.21 Å². The molecule has 2 radical (unpaired) electrons. The smallest absolute Gasteiger partial charge is 0.271 e. The number of hydrogen-bond donors (Lipinski definition) is 4. The van der Waals surface area contributed by atoms with E-state index in [1.165, 1.54) is 29.9 Å². The highest BCUT2D eigenvalue weighted by Gasteiger charge is 2.04. The molecule has 8 heteroatoms. The lowest BCUT2D eigenvalue weighted by atomic mass is 9.91. The summed E-state index contributed by atoms with van der Waals surface area (Å²) >= 11 is 0. The van der Waals surface area contributed by atoms with Crippen LogP contribution < -0.4 is 16.4 Å². The number of carbonyl (C=O) groups excluding carboxylic acids is 2.